The third-order valence-electron chi connectivity index (χ3n) is 2.60. The fraction of sp³-hybridized carbons (Fsp3) is 0.455. The van der Waals surface area contributed by atoms with Gasteiger partial charge in [0.2, 0.25) is 0 Å². The lowest BCUT2D eigenvalue weighted by atomic mass is 10.2. The van der Waals surface area contributed by atoms with E-state index in [1.807, 2.05) is 6.07 Å². The predicted molar refractivity (Wildman–Crippen MR) is 81.5 cm³/mol. The summed E-state index contributed by atoms with van der Waals surface area (Å²) in [5.74, 6) is 0.946. The zero-order valence-electron chi connectivity index (χ0n) is 9.00. The first-order valence-electron chi connectivity index (χ1n) is 5.08. The average Bonchev–Trinajstić information content (AvgIpc) is 2.34. The van der Waals surface area contributed by atoms with Crippen molar-refractivity contribution in [2.45, 2.75) is 0 Å². The molecule has 0 aliphatic carbocycles. The van der Waals surface area contributed by atoms with Crippen LogP contribution in [0.3, 0.4) is 0 Å². The molecule has 16 heavy (non-hydrogen) atoms. The van der Waals surface area contributed by atoms with Gasteiger partial charge in [0.15, 0.2) is 0 Å². The lowest BCUT2D eigenvalue weighted by Crippen LogP contribution is -2.36. The normalized spacial score (nSPS) is 16.3. The van der Waals surface area contributed by atoms with Crippen LogP contribution in [0.2, 0.25) is 0 Å². The predicted octanol–water partition coefficient (Wildman–Crippen LogP) is 2.74. The average molecular weight is 445 g/mol. The Bertz CT molecular complexity index is 378. The highest BCUT2D eigenvalue weighted by Gasteiger charge is 2.17. The number of nitrogens with zero attached hydrogens (tertiary/aromatic N) is 1. The topological polar surface area (TPSA) is 21.7 Å². The smallest absolute Gasteiger partial charge is 0.133 e. The van der Waals surface area contributed by atoms with Gasteiger partial charge in [-0.25, -0.2) is 0 Å². The maximum atomic E-state index is 5.37. The van der Waals surface area contributed by atoms with Gasteiger partial charge in [-0.05, 0) is 57.3 Å². The first-order valence-corrected chi connectivity index (χ1v) is 7.24. The van der Waals surface area contributed by atoms with Gasteiger partial charge in [0, 0.05) is 13.1 Å². The molecule has 1 aromatic carbocycles. The SMILES string of the molecule is COc1ccc(N2CCOCC2)c(I)c1I. The molecule has 3 nitrogen and oxygen atoms in total. The standard InChI is InChI=1S/C11H13I2NO2/c1-15-9-3-2-8(10(12)11(9)13)14-4-6-16-7-5-14/h2-3H,4-7H2,1H3. The minimum atomic E-state index is 0.818. The second-order valence-corrected chi connectivity index (χ2v) is 5.67. The van der Waals surface area contributed by atoms with Gasteiger partial charge < -0.3 is 14.4 Å². The molecule has 0 radical (unpaired) electrons. The lowest BCUT2D eigenvalue weighted by molar-refractivity contribution is 0.122. The highest BCUT2D eigenvalue weighted by atomic mass is 127. The van der Waals surface area contributed by atoms with Crippen molar-refractivity contribution in [3.63, 3.8) is 0 Å². The summed E-state index contributed by atoms with van der Waals surface area (Å²) in [6.45, 7) is 3.58. The Morgan fingerprint density at radius 2 is 1.88 bits per heavy atom. The number of benzene rings is 1. The summed E-state index contributed by atoms with van der Waals surface area (Å²) in [6, 6.07) is 4.17. The largest absolute Gasteiger partial charge is 0.496 e. The van der Waals surface area contributed by atoms with Gasteiger partial charge in [-0.2, -0.15) is 0 Å². The van der Waals surface area contributed by atoms with Crippen molar-refractivity contribution in [1.29, 1.82) is 0 Å². The number of halogens is 2. The van der Waals surface area contributed by atoms with Gasteiger partial charge in [-0.15, -0.1) is 0 Å². The van der Waals surface area contributed by atoms with Crippen LogP contribution in [-0.2, 0) is 4.74 Å². The summed E-state index contributed by atoms with van der Waals surface area (Å²) in [7, 11) is 1.71. The first-order chi connectivity index (χ1) is 7.74. The molecule has 2 rings (SSSR count). The van der Waals surface area contributed by atoms with Gasteiger partial charge in [-0.1, -0.05) is 0 Å². The van der Waals surface area contributed by atoms with E-state index in [4.69, 9.17) is 9.47 Å². The summed E-state index contributed by atoms with van der Waals surface area (Å²) in [6.07, 6.45) is 0. The number of hydrogen-bond acceptors (Lipinski definition) is 3. The molecule has 1 aromatic rings. The Kier molecular flexibility index (Phi) is 4.54. The number of methoxy groups -OCH3 is 1. The summed E-state index contributed by atoms with van der Waals surface area (Å²) >= 11 is 4.72. The van der Waals surface area contributed by atoms with E-state index in [2.05, 4.69) is 56.1 Å². The van der Waals surface area contributed by atoms with Gasteiger partial charge in [-0.3, -0.25) is 0 Å². The van der Waals surface area contributed by atoms with Gasteiger partial charge in [0.1, 0.15) is 5.75 Å². The molecule has 0 atom stereocenters. The van der Waals surface area contributed by atoms with Crippen molar-refractivity contribution in [3.05, 3.63) is 19.3 Å². The summed E-state index contributed by atoms with van der Waals surface area (Å²) in [5, 5.41) is 0. The first kappa shape index (κ1) is 12.7. The molecule has 1 aliphatic rings. The van der Waals surface area contributed by atoms with Crippen LogP contribution in [0.1, 0.15) is 0 Å². The quantitative estimate of drug-likeness (QED) is 0.655. The van der Waals surface area contributed by atoms with Crippen molar-refractivity contribution < 1.29 is 9.47 Å². The summed E-state index contributed by atoms with van der Waals surface area (Å²) in [4.78, 5) is 2.37. The van der Waals surface area contributed by atoms with Crippen molar-refractivity contribution in [1.82, 2.24) is 0 Å². The fourth-order valence-corrected chi connectivity index (χ4v) is 3.19. The molecule has 1 saturated heterocycles. The molecule has 0 saturated carbocycles. The van der Waals surface area contributed by atoms with Crippen LogP contribution in [0.5, 0.6) is 5.75 Å². The highest BCUT2D eigenvalue weighted by molar-refractivity contribution is 14.1. The van der Waals surface area contributed by atoms with E-state index in [1.165, 1.54) is 12.8 Å². The van der Waals surface area contributed by atoms with E-state index >= 15 is 0 Å². The molecule has 0 aromatic heterocycles. The van der Waals surface area contributed by atoms with Crippen LogP contribution in [-0.4, -0.2) is 33.4 Å². The van der Waals surface area contributed by atoms with Crippen molar-refractivity contribution >= 4 is 50.9 Å². The van der Waals surface area contributed by atoms with Crippen LogP contribution in [0.4, 0.5) is 5.69 Å². The molecule has 5 heteroatoms. The molecular formula is C11H13I2NO2. The van der Waals surface area contributed by atoms with Crippen molar-refractivity contribution in [2.24, 2.45) is 0 Å². The van der Waals surface area contributed by atoms with E-state index in [0.717, 1.165) is 32.1 Å². The molecule has 88 valence electrons. The van der Waals surface area contributed by atoms with E-state index in [0.29, 0.717) is 0 Å². The molecule has 0 unspecified atom stereocenters. The molecule has 1 aliphatic heterocycles. The van der Waals surface area contributed by atoms with E-state index in [1.54, 1.807) is 7.11 Å². The van der Waals surface area contributed by atoms with Gasteiger partial charge in [0.05, 0.1) is 33.2 Å². The molecule has 1 fully saturated rings. The van der Waals surface area contributed by atoms with E-state index in [9.17, 15) is 0 Å². The zero-order chi connectivity index (χ0) is 11.5. The second kappa shape index (κ2) is 5.72. The highest BCUT2D eigenvalue weighted by Crippen LogP contribution is 2.33. The van der Waals surface area contributed by atoms with Crippen LogP contribution < -0.4 is 9.64 Å². The minimum Gasteiger partial charge on any atom is -0.496 e. The Morgan fingerprint density at radius 3 is 2.50 bits per heavy atom. The van der Waals surface area contributed by atoms with Crippen LogP contribution in [0.15, 0.2) is 12.1 Å². The monoisotopic (exact) mass is 445 g/mol. The van der Waals surface area contributed by atoms with Crippen LogP contribution in [0.25, 0.3) is 0 Å². The Balaban J connectivity index is 2.30. The molecule has 0 spiro atoms. The van der Waals surface area contributed by atoms with E-state index < -0.39 is 0 Å². The number of rotatable bonds is 2. The number of hydrogen-bond donors (Lipinski definition) is 0. The van der Waals surface area contributed by atoms with Crippen LogP contribution in [0, 0.1) is 7.14 Å². The molecule has 1 heterocycles. The maximum Gasteiger partial charge on any atom is 0.133 e. The summed E-state index contributed by atoms with van der Waals surface area (Å²) < 4.78 is 13.1. The molecule has 0 bridgehead atoms. The summed E-state index contributed by atoms with van der Waals surface area (Å²) in [5.41, 5.74) is 1.29. The molecule has 0 N–H and O–H groups in total. The Morgan fingerprint density at radius 1 is 1.19 bits per heavy atom. The molecular weight excluding hydrogens is 432 g/mol. The Hall–Kier alpha value is 0.240. The van der Waals surface area contributed by atoms with Crippen molar-refractivity contribution in [2.75, 3.05) is 38.3 Å². The second-order valence-electron chi connectivity index (χ2n) is 3.51. The maximum absolute atomic E-state index is 5.37. The van der Waals surface area contributed by atoms with Gasteiger partial charge >= 0.3 is 0 Å². The Labute approximate surface area is 123 Å². The number of morpholine rings is 1. The number of anilines is 1. The van der Waals surface area contributed by atoms with Crippen molar-refractivity contribution in [3.8, 4) is 5.75 Å². The zero-order valence-corrected chi connectivity index (χ0v) is 13.3. The lowest BCUT2D eigenvalue weighted by Gasteiger charge is -2.30. The van der Waals surface area contributed by atoms with E-state index in [-0.39, 0.29) is 0 Å². The van der Waals surface area contributed by atoms with Gasteiger partial charge in [0.25, 0.3) is 0 Å². The fourth-order valence-electron chi connectivity index (χ4n) is 1.73. The number of ether oxygens (including phenoxy) is 2. The third kappa shape index (κ3) is 2.56. The van der Waals surface area contributed by atoms with Crippen LogP contribution >= 0.6 is 45.2 Å². The minimum absolute atomic E-state index is 0.818. The third-order valence-corrected chi connectivity index (χ3v) is 5.79. The molecule has 0 amide bonds.